The fourth-order valence-electron chi connectivity index (χ4n) is 3.87. The fraction of sp³-hybridized carbons (Fsp3) is 0.529. The number of carbonyl (C=O) groups is 1. The van der Waals surface area contributed by atoms with Crippen molar-refractivity contribution in [1.29, 1.82) is 0 Å². The number of aliphatic hydroxyl groups excluding tert-OH is 1. The Morgan fingerprint density at radius 2 is 1.56 bits per heavy atom. The maximum absolute atomic E-state index is 12.9. The third-order valence-electron chi connectivity index (χ3n) is 6.22. The molecule has 0 spiro atoms. The summed E-state index contributed by atoms with van der Waals surface area (Å²) in [5, 5.41) is 22.8. The van der Waals surface area contributed by atoms with Gasteiger partial charge in [0.05, 0.1) is 11.3 Å². The van der Waals surface area contributed by atoms with Gasteiger partial charge in [0.1, 0.15) is 0 Å². The molecule has 0 unspecified atom stereocenters. The van der Waals surface area contributed by atoms with Crippen LogP contribution >= 0.6 is 0 Å². The van der Waals surface area contributed by atoms with E-state index in [4.69, 9.17) is 0 Å². The minimum atomic E-state index is -0.975. The van der Waals surface area contributed by atoms with E-state index in [1.165, 1.54) is 5.56 Å². The normalized spacial score (nSPS) is 12.7. The van der Waals surface area contributed by atoms with Crippen molar-refractivity contribution in [1.82, 2.24) is 5.32 Å². The van der Waals surface area contributed by atoms with Crippen LogP contribution in [0.3, 0.4) is 0 Å². The van der Waals surface area contributed by atoms with E-state index in [0.717, 1.165) is 28.8 Å². The zero-order valence-electron chi connectivity index (χ0n) is 26.4. The molecule has 3 N–H and O–H groups in total. The molecule has 5 heteroatoms. The number of aliphatic imine (C=N–C) groups is 1. The number of aliphatic hydroxyl groups is 2. The Bertz CT molecular complexity index is 1050. The highest BCUT2D eigenvalue weighted by Gasteiger charge is 2.18. The van der Waals surface area contributed by atoms with Gasteiger partial charge in [-0.3, -0.25) is 9.79 Å². The molecule has 0 heterocycles. The van der Waals surface area contributed by atoms with Gasteiger partial charge >= 0.3 is 0 Å². The molecular weight excluding hydrogens is 484 g/mol. The number of carbonyl (C=O) groups excluding carboxylic acids is 1. The lowest BCUT2D eigenvalue weighted by Crippen LogP contribution is -2.37. The summed E-state index contributed by atoms with van der Waals surface area (Å²) in [5.74, 6) is 0.446. The predicted molar refractivity (Wildman–Crippen MR) is 169 cm³/mol. The SMILES string of the molecule is C/C=C(\N=C(C)C(C)(C)O)c1ccc(C[C@@H](CCO)NC(=O)c2ccc(CC(C)C)c(C)c2)cc1.CC.CC. The third kappa shape index (κ3) is 12.8. The first-order valence-electron chi connectivity index (χ1n) is 14.5. The number of amides is 1. The van der Waals surface area contributed by atoms with Crippen LogP contribution in [0.1, 0.15) is 108 Å². The molecule has 2 aromatic carbocycles. The molecule has 1 atom stereocenters. The molecule has 0 aliphatic carbocycles. The lowest BCUT2D eigenvalue weighted by Gasteiger charge is -2.19. The first-order chi connectivity index (χ1) is 18.4. The van der Waals surface area contributed by atoms with E-state index in [2.05, 4.69) is 24.2 Å². The quantitative estimate of drug-likeness (QED) is 0.258. The average molecular weight is 539 g/mol. The van der Waals surface area contributed by atoms with Crippen LogP contribution in [0.2, 0.25) is 0 Å². The lowest BCUT2D eigenvalue weighted by molar-refractivity contribution is 0.0930. The van der Waals surface area contributed by atoms with Crippen molar-refractivity contribution in [2.75, 3.05) is 6.61 Å². The number of rotatable bonds is 11. The standard InChI is InChI=1S/C30H42N2O3.2C2H6/c1-8-28(31-22(5)30(6,7)35)24-11-9-23(10-12-24)19-27(15-16-33)32-29(34)26-14-13-25(17-20(2)3)21(4)18-26;2*1-2/h8-14,18,20,27,33,35H,15-17,19H2,1-7H3,(H,32,34);2*1-2H3/b28-8-,31-22?;;/t27-;;/m1../s1. The first-order valence-corrected chi connectivity index (χ1v) is 14.5. The predicted octanol–water partition coefficient (Wildman–Crippen LogP) is 7.56. The molecule has 5 nitrogen and oxygen atoms in total. The van der Waals surface area contributed by atoms with Crippen molar-refractivity contribution in [2.45, 2.75) is 107 Å². The number of hydrogen-bond acceptors (Lipinski definition) is 4. The second kappa shape index (κ2) is 18.5. The van der Waals surface area contributed by atoms with Gasteiger partial charge in [-0.1, -0.05) is 78.0 Å². The smallest absolute Gasteiger partial charge is 0.251 e. The molecule has 2 aromatic rings. The fourth-order valence-corrected chi connectivity index (χ4v) is 3.87. The summed E-state index contributed by atoms with van der Waals surface area (Å²) in [5.41, 5.74) is 5.53. The second-order valence-corrected chi connectivity index (χ2v) is 10.3. The van der Waals surface area contributed by atoms with Gasteiger partial charge in [-0.25, -0.2) is 0 Å². The molecule has 0 saturated heterocycles. The number of nitrogens with zero attached hydrogens (tertiary/aromatic N) is 1. The van der Waals surface area contributed by atoms with E-state index in [1.807, 2.05) is 97.0 Å². The Labute approximate surface area is 238 Å². The van der Waals surface area contributed by atoms with Crippen LogP contribution in [0.15, 0.2) is 53.5 Å². The van der Waals surface area contributed by atoms with E-state index in [-0.39, 0.29) is 18.6 Å². The maximum Gasteiger partial charge on any atom is 0.251 e. The third-order valence-corrected chi connectivity index (χ3v) is 6.22. The molecule has 0 fully saturated rings. The van der Waals surface area contributed by atoms with Crippen molar-refractivity contribution in [3.05, 3.63) is 76.4 Å². The molecule has 39 heavy (non-hydrogen) atoms. The maximum atomic E-state index is 12.9. The van der Waals surface area contributed by atoms with E-state index >= 15 is 0 Å². The minimum Gasteiger partial charge on any atom is -0.396 e. The molecule has 0 aliphatic heterocycles. The first kappa shape index (κ1) is 36.2. The van der Waals surface area contributed by atoms with Crippen LogP contribution in [0.4, 0.5) is 0 Å². The topological polar surface area (TPSA) is 81.9 Å². The lowest BCUT2D eigenvalue weighted by atomic mass is 9.96. The van der Waals surface area contributed by atoms with Crippen molar-refractivity contribution in [3.63, 3.8) is 0 Å². The Morgan fingerprint density at radius 1 is 1.00 bits per heavy atom. The zero-order valence-corrected chi connectivity index (χ0v) is 26.4. The number of benzene rings is 2. The highest BCUT2D eigenvalue weighted by molar-refractivity contribution is 5.95. The molecule has 0 bridgehead atoms. The van der Waals surface area contributed by atoms with Crippen molar-refractivity contribution in [3.8, 4) is 0 Å². The van der Waals surface area contributed by atoms with Gasteiger partial charge in [0, 0.05) is 23.9 Å². The van der Waals surface area contributed by atoms with E-state index in [1.54, 1.807) is 13.8 Å². The number of aryl methyl sites for hydroxylation is 1. The van der Waals surface area contributed by atoms with Gasteiger partial charge in [0.15, 0.2) is 0 Å². The van der Waals surface area contributed by atoms with Gasteiger partial charge in [-0.05, 0) is 94.2 Å². The molecule has 218 valence electrons. The highest BCUT2D eigenvalue weighted by atomic mass is 16.3. The molecule has 0 aromatic heterocycles. The van der Waals surface area contributed by atoms with Crippen LogP contribution < -0.4 is 5.32 Å². The Morgan fingerprint density at radius 3 is 2.03 bits per heavy atom. The zero-order chi connectivity index (χ0) is 30.2. The monoisotopic (exact) mass is 538 g/mol. The van der Waals surface area contributed by atoms with Crippen LogP contribution in [0.25, 0.3) is 5.70 Å². The van der Waals surface area contributed by atoms with Crippen LogP contribution in [-0.4, -0.2) is 40.1 Å². The van der Waals surface area contributed by atoms with Crippen molar-refractivity contribution < 1.29 is 15.0 Å². The summed E-state index contributed by atoms with van der Waals surface area (Å²) < 4.78 is 0. The minimum absolute atomic E-state index is 0.00302. The summed E-state index contributed by atoms with van der Waals surface area (Å²) in [6.45, 7) is 21.6. The molecule has 1 amide bonds. The van der Waals surface area contributed by atoms with Gasteiger partial charge in [0.2, 0.25) is 0 Å². The average Bonchev–Trinajstić information content (AvgIpc) is 2.90. The van der Waals surface area contributed by atoms with Crippen molar-refractivity contribution in [2.24, 2.45) is 10.9 Å². The molecular formula is C34H54N2O3. The largest absolute Gasteiger partial charge is 0.396 e. The number of allylic oxidation sites excluding steroid dienone is 1. The number of nitrogens with one attached hydrogen (secondary N) is 1. The van der Waals surface area contributed by atoms with Crippen molar-refractivity contribution >= 4 is 17.3 Å². The molecule has 0 radical (unpaired) electrons. The number of hydrogen-bond donors (Lipinski definition) is 3. The summed E-state index contributed by atoms with van der Waals surface area (Å²) in [4.78, 5) is 17.5. The second-order valence-electron chi connectivity index (χ2n) is 10.3. The molecule has 0 saturated carbocycles. The van der Waals surface area contributed by atoms with Crippen LogP contribution in [-0.2, 0) is 12.8 Å². The van der Waals surface area contributed by atoms with E-state index in [0.29, 0.717) is 30.0 Å². The summed E-state index contributed by atoms with van der Waals surface area (Å²) in [6, 6.07) is 13.8. The van der Waals surface area contributed by atoms with Gasteiger partial charge in [0.25, 0.3) is 5.91 Å². The Balaban J connectivity index is 0.00000344. The van der Waals surface area contributed by atoms with Crippen LogP contribution in [0, 0.1) is 12.8 Å². The highest BCUT2D eigenvalue weighted by Crippen LogP contribution is 2.20. The van der Waals surface area contributed by atoms with E-state index < -0.39 is 5.60 Å². The van der Waals surface area contributed by atoms with Gasteiger partial charge in [-0.15, -0.1) is 0 Å². The van der Waals surface area contributed by atoms with E-state index in [9.17, 15) is 15.0 Å². The summed E-state index contributed by atoms with van der Waals surface area (Å²) >= 11 is 0. The van der Waals surface area contributed by atoms with Crippen LogP contribution in [0.5, 0.6) is 0 Å². The Hall–Kier alpha value is -2.76. The van der Waals surface area contributed by atoms with Gasteiger partial charge < -0.3 is 15.5 Å². The van der Waals surface area contributed by atoms with Gasteiger partial charge in [-0.2, -0.15) is 0 Å². The summed E-state index contributed by atoms with van der Waals surface area (Å²) in [6.07, 6.45) is 4.02. The molecule has 0 aliphatic rings. The Kier molecular flexibility index (Phi) is 17.2. The molecule has 2 rings (SSSR count). The summed E-state index contributed by atoms with van der Waals surface area (Å²) in [7, 11) is 0.